The van der Waals surface area contributed by atoms with Crippen molar-refractivity contribution in [3.63, 3.8) is 0 Å². The lowest BCUT2D eigenvalue weighted by Crippen LogP contribution is -2.05. The Bertz CT molecular complexity index is 534. The summed E-state index contributed by atoms with van der Waals surface area (Å²) in [4.78, 5) is 0. The Morgan fingerprint density at radius 2 is 1.94 bits per heavy atom. The van der Waals surface area contributed by atoms with E-state index >= 15 is 0 Å². The van der Waals surface area contributed by atoms with Crippen LogP contribution in [0, 0.1) is 18.6 Å². The van der Waals surface area contributed by atoms with Gasteiger partial charge < -0.3 is 9.73 Å². The van der Waals surface area contributed by atoms with Crippen LogP contribution in [0.5, 0.6) is 0 Å². The Morgan fingerprint density at radius 1 is 1.18 bits per heavy atom. The molecule has 17 heavy (non-hydrogen) atoms. The van der Waals surface area contributed by atoms with Crippen molar-refractivity contribution in [1.82, 2.24) is 5.32 Å². The number of benzene rings is 1. The Hall–Kier alpha value is -1.68. The highest BCUT2D eigenvalue weighted by atomic mass is 19.1. The van der Waals surface area contributed by atoms with E-state index in [9.17, 15) is 8.78 Å². The molecule has 4 heteroatoms. The van der Waals surface area contributed by atoms with Gasteiger partial charge in [-0.1, -0.05) is 0 Å². The van der Waals surface area contributed by atoms with Crippen LogP contribution < -0.4 is 5.32 Å². The van der Waals surface area contributed by atoms with E-state index in [-0.39, 0.29) is 5.56 Å². The molecule has 90 valence electrons. The minimum Gasteiger partial charge on any atom is -0.467 e. The molecule has 0 saturated carbocycles. The summed E-state index contributed by atoms with van der Waals surface area (Å²) in [6.07, 6.45) is 1.47. The molecule has 2 rings (SSSR count). The first kappa shape index (κ1) is 11.8. The van der Waals surface area contributed by atoms with Gasteiger partial charge in [-0.05, 0) is 37.7 Å². The van der Waals surface area contributed by atoms with Crippen molar-refractivity contribution in [3.05, 3.63) is 47.4 Å². The maximum atomic E-state index is 13.8. The molecule has 1 aromatic carbocycles. The van der Waals surface area contributed by atoms with Crippen molar-refractivity contribution >= 4 is 0 Å². The van der Waals surface area contributed by atoms with Crippen molar-refractivity contribution in [2.75, 3.05) is 7.05 Å². The van der Waals surface area contributed by atoms with E-state index in [0.717, 1.165) is 0 Å². The van der Waals surface area contributed by atoms with E-state index in [1.165, 1.54) is 25.3 Å². The van der Waals surface area contributed by atoms with E-state index in [1.54, 1.807) is 13.1 Å². The van der Waals surface area contributed by atoms with Gasteiger partial charge in [0.2, 0.25) is 0 Å². The molecule has 0 aliphatic rings. The highest BCUT2D eigenvalue weighted by Gasteiger charge is 2.14. The first-order valence-corrected chi connectivity index (χ1v) is 5.30. The molecule has 1 aromatic heterocycles. The predicted molar refractivity (Wildman–Crippen MR) is 61.6 cm³/mol. The van der Waals surface area contributed by atoms with E-state index in [2.05, 4.69) is 5.32 Å². The fourth-order valence-electron chi connectivity index (χ4n) is 1.73. The molecular weight excluding hydrogens is 224 g/mol. The van der Waals surface area contributed by atoms with Gasteiger partial charge >= 0.3 is 0 Å². The predicted octanol–water partition coefficient (Wildman–Crippen LogP) is 3.25. The molecule has 1 N–H and O–H groups in total. The summed E-state index contributed by atoms with van der Waals surface area (Å²) in [5.41, 5.74) is 1.10. The summed E-state index contributed by atoms with van der Waals surface area (Å²) in [5.74, 6) is -0.268. The molecule has 0 aliphatic carbocycles. The molecule has 2 aromatic rings. The van der Waals surface area contributed by atoms with E-state index < -0.39 is 11.6 Å². The Morgan fingerprint density at radius 3 is 2.65 bits per heavy atom. The fourth-order valence-corrected chi connectivity index (χ4v) is 1.73. The molecule has 2 nitrogen and oxygen atoms in total. The number of rotatable bonds is 3. The molecule has 0 radical (unpaired) electrons. The van der Waals surface area contributed by atoms with Crippen molar-refractivity contribution in [2.45, 2.75) is 13.5 Å². The number of halogens is 2. The Balaban J connectivity index is 2.52. The van der Waals surface area contributed by atoms with E-state index in [0.29, 0.717) is 23.4 Å². The van der Waals surface area contributed by atoms with Gasteiger partial charge in [-0.25, -0.2) is 8.78 Å². The zero-order chi connectivity index (χ0) is 12.4. The molecule has 1 heterocycles. The van der Waals surface area contributed by atoms with Gasteiger partial charge in [-0.15, -0.1) is 0 Å². The number of furan rings is 1. The molecule has 0 fully saturated rings. The summed E-state index contributed by atoms with van der Waals surface area (Å²) in [5, 5.41) is 2.92. The van der Waals surface area contributed by atoms with Gasteiger partial charge in [0, 0.05) is 11.1 Å². The second-order valence-electron chi connectivity index (χ2n) is 3.87. The lowest BCUT2D eigenvalue weighted by atomic mass is 10.0. The summed E-state index contributed by atoms with van der Waals surface area (Å²) < 4.78 is 32.5. The SMILES string of the molecule is CNCc1occc1-c1cc(F)c(C)cc1F. The Kier molecular flexibility index (Phi) is 3.24. The largest absolute Gasteiger partial charge is 0.467 e. The second kappa shape index (κ2) is 4.67. The maximum Gasteiger partial charge on any atom is 0.131 e. The van der Waals surface area contributed by atoms with Crippen LogP contribution in [-0.4, -0.2) is 7.05 Å². The monoisotopic (exact) mass is 237 g/mol. The average molecular weight is 237 g/mol. The van der Waals surface area contributed by atoms with Gasteiger partial charge in [0.05, 0.1) is 12.8 Å². The van der Waals surface area contributed by atoms with Crippen LogP contribution in [0.25, 0.3) is 11.1 Å². The lowest BCUT2D eigenvalue weighted by Gasteiger charge is -2.06. The van der Waals surface area contributed by atoms with E-state index in [4.69, 9.17) is 4.42 Å². The van der Waals surface area contributed by atoms with Crippen LogP contribution in [0.4, 0.5) is 8.78 Å². The van der Waals surface area contributed by atoms with Gasteiger partial charge in [0.25, 0.3) is 0 Å². The normalized spacial score (nSPS) is 10.8. The van der Waals surface area contributed by atoms with Crippen LogP contribution in [0.1, 0.15) is 11.3 Å². The fraction of sp³-hybridized carbons (Fsp3) is 0.231. The zero-order valence-electron chi connectivity index (χ0n) is 9.68. The summed E-state index contributed by atoms with van der Waals surface area (Å²) in [7, 11) is 1.76. The third kappa shape index (κ3) is 2.22. The quantitative estimate of drug-likeness (QED) is 0.886. The molecule has 0 amide bonds. The number of hydrogen-bond acceptors (Lipinski definition) is 2. The van der Waals surface area contributed by atoms with Crippen molar-refractivity contribution in [2.24, 2.45) is 0 Å². The zero-order valence-corrected chi connectivity index (χ0v) is 9.68. The van der Waals surface area contributed by atoms with E-state index in [1.807, 2.05) is 0 Å². The second-order valence-corrected chi connectivity index (χ2v) is 3.87. The minimum absolute atomic E-state index is 0.229. The highest BCUT2D eigenvalue weighted by Crippen LogP contribution is 2.29. The summed E-state index contributed by atoms with van der Waals surface area (Å²) in [6, 6.07) is 4.04. The minimum atomic E-state index is -0.442. The lowest BCUT2D eigenvalue weighted by molar-refractivity contribution is 0.496. The van der Waals surface area contributed by atoms with Crippen LogP contribution in [-0.2, 0) is 6.54 Å². The molecule has 0 unspecified atom stereocenters. The standard InChI is InChI=1S/C13H13F2NO/c1-8-5-12(15)10(6-11(8)14)9-3-4-17-13(9)7-16-2/h3-6,16H,7H2,1-2H3. The third-order valence-electron chi connectivity index (χ3n) is 2.62. The summed E-state index contributed by atoms with van der Waals surface area (Å²) >= 11 is 0. The topological polar surface area (TPSA) is 25.2 Å². The van der Waals surface area contributed by atoms with Gasteiger partial charge in [-0.3, -0.25) is 0 Å². The smallest absolute Gasteiger partial charge is 0.131 e. The summed E-state index contributed by atoms with van der Waals surface area (Å²) in [6.45, 7) is 2.00. The maximum absolute atomic E-state index is 13.8. The van der Waals surface area contributed by atoms with Gasteiger partial charge in [0.1, 0.15) is 17.4 Å². The molecule has 0 bridgehead atoms. The molecule has 0 saturated heterocycles. The van der Waals surface area contributed by atoms with Crippen molar-refractivity contribution in [3.8, 4) is 11.1 Å². The van der Waals surface area contributed by atoms with Gasteiger partial charge in [0.15, 0.2) is 0 Å². The van der Waals surface area contributed by atoms with Crippen molar-refractivity contribution in [1.29, 1.82) is 0 Å². The van der Waals surface area contributed by atoms with Crippen molar-refractivity contribution < 1.29 is 13.2 Å². The van der Waals surface area contributed by atoms with Gasteiger partial charge in [-0.2, -0.15) is 0 Å². The molecule has 0 spiro atoms. The Labute approximate surface area is 98.3 Å². The van der Waals surface area contributed by atoms with Crippen LogP contribution in [0.2, 0.25) is 0 Å². The molecular formula is C13H13F2NO. The number of nitrogens with one attached hydrogen (secondary N) is 1. The highest BCUT2D eigenvalue weighted by molar-refractivity contribution is 5.66. The van der Waals surface area contributed by atoms with Crippen LogP contribution in [0.15, 0.2) is 28.9 Å². The first-order valence-electron chi connectivity index (χ1n) is 5.30. The number of aryl methyl sites for hydroxylation is 1. The first-order chi connectivity index (χ1) is 8.13. The average Bonchev–Trinajstić information content (AvgIpc) is 2.72. The third-order valence-corrected chi connectivity index (χ3v) is 2.62. The molecule has 0 atom stereocenters. The number of hydrogen-bond donors (Lipinski definition) is 1. The van der Waals surface area contributed by atoms with Crippen LogP contribution in [0.3, 0.4) is 0 Å². The van der Waals surface area contributed by atoms with Crippen LogP contribution >= 0.6 is 0 Å². The molecule has 0 aliphatic heterocycles.